The molecular formula is C13H21NO3. The molecule has 0 aromatic heterocycles. The Morgan fingerprint density at radius 2 is 1.88 bits per heavy atom. The van der Waals surface area contributed by atoms with Gasteiger partial charge in [-0.25, -0.2) is 0 Å². The summed E-state index contributed by atoms with van der Waals surface area (Å²) in [4.78, 5) is 0. The minimum absolute atomic E-state index is 0.513. The molecule has 0 heterocycles. The normalized spacial score (nSPS) is 10.5. The molecule has 0 aliphatic rings. The molecule has 0 spiro atoms. The zero-order valence-corrected chi connectivity index (χ0v) is 10.6. The van der Waals surface area contributed by atoms with Gasteiger partial charge in [0, 0.05) is 23.9 Å². The molecule has 1 aromatic carbocycles. The number of anilines is 1. The third-order valence-corrected chi connectivity index (χ3v) is 2.29. The number of nitrogen functional groups attached to an aromatic ring is 1. The van der Waals surface area contributed by atoms with Gasteiger partial charge in [0.15, 0.2) is 0 Å². The van der Waals surface area contributed by atoms with Crippen LogP contribution in [0.3, 0.4) is 0 Å². The molecule has 4 nitrogen and oxygen atoms in total. The van der Waals surface area contributed by atoms with E-state index in [-0.39, 0.29) is 0 Å². The third-order valence-electron chi connectivity index (χ3n) is 2.29. The molecule has 0 aliphatic carbocycles. The Bertz CT molecular complexity index is 328. The number of ether oxygens (including phenoxy) is 3. The first-order valence-corrected chi connectivity index (χ1v) is 5.85. The van der Waals surface area contributed by atoms with Gasteiger partial charge in [-0.3, -0.25) is 0 Å². The maximum atomic E-state index is 5.67. The lowest BCUT2D eigenvalue weighted by atomic mass is 10.2. The van der Waals surface area contributed by atoms with Crippen molar-refractivity contribution in [1.29, 1.82) is 0 Å². The number of methoxy groups -OCH3 is 1. The summed E-state index contributed by atoms with van der Waals surface area (Å²) in [6.45, 7) is 4.60. The average Bonchev–Trinajstić information content (AvgIpc) is 2.35. The fourth-order valence-electron chi connectivity index (χ4n) is 1.43. The van der Waals surface area contributed by atoms with Crippen molar-refractivity contribution in [3.63, 3.8) is 0 Å². The predicted octanol–water partition coefficient (Wildman–Crippen LogP) is 2.22. The van der Waals surface area contributed by atoms with E-state index in [0.717, 1.165) is 24.3 Å². The van der Waals surface area contributed by atoms with Gasteiger partial charge in [-0.2, -0.15) is 0 Å². The number of hydrogen-bond acceptors (Lipinski definition) is 4. The van der Waals surface area contributed by atoms with Crippen molar-refractivity contribution in [2.75, 3.05) is 32.7 Å². The van der Waals surface area contributed by atoms with Crippen molar-refractivity contribution >= 4 is 5.69 Å². The molecule has 0 amide bonds. The van der Waals surface area contributed by atoms with Gasteiger partial charge in [-0.05, 0) is 12.5 Å². The molecular weight excluding hydrogens is 218 g/mol. The number of rotatable bonds is 8. The fraction of sp³-hybridized carbons (Fsp3) is 0.538. The predicted molar refractivity (Wildman–Crippen MR) is 68.2 cm³/mol. The highest BCUT2D eigenvalue weighted by Gasteiger charge is 2.03. The minimum Gasteiger partial charge on any atom is -0.496 e. The van der Waals surface area contributed by atoms with Crippen LogP contribution < -0.4 is 10.5 Å². The van der Waals surface area contributed by atoms with Crippen LogP contribution in [0.1, 0.15) is 18.9 Å². The molecule has 0 bridgehead atoms. The summed E-state index contributed by atoms with van der Waals surface area (Å²) >= 11 is 0. The highest BCUT2D eigenvalue weighted by Crippen LogP contribution is 2.21. The average molecular weight is 239 g/mol. The van der Waals surface area contributed by atoms with E-state index >= 15 is 0 Å². The molecule has 0 radical (unpaired) electrons. The highest BCUT2D eigenvalue weighted by molar-refractivity contribution is 5.48. The molecule has 17 heavy (non-hydrogen) atoms. The lowest BCUT2D eigenvalue weighted by molar-refractivity contribution is 0.0402. The molecule has 0 unspecified atom stereocenters. The molecule has 2 N–H and O–H groups in total. The van der Waals surface area contributed by atoms with E-state index in [4.69, 9.17) is 19.9 Å². The van der Waals surface area contributed by atoms with Gasteiger partial charge in [0.1, 0.15) is 5.75 Å². The van der Waals surface area contributed by atoms with Gasteiger partial charge in [0.25, 0.3) is 0 Å². The van der Waals surface area contributed by atoms with Crippen LogP contribution in [0.4, 0.5) is 5.69 Å². The first-order chi connectivity index (χ1) is 8.27. The Kier molecular flexibility index (Phi) is 6.43. The lowest BCUT2D eigenvalue weighted by Gasteiger charge is -2.10. The Labute approximate surface area is 103 Å². The van der Waals surface area contributed by atoms with Crippen molar-refractivity contribution < 1.29 is 14.2 Å². The van der Waals surface area contributed by atoms with Crippen molar-refractivity contribution in [3.8, 4) is 5.75 Å². The zero-order valence-electron chi connectivity index (χ0n) is 10.6. The summed E-state index contributed by atoms with van der Waals surface area (Å²) in [5.74, 6) is 0.763. The van der Waals surface area contributed by atoms with Crippen LogP contribution in [0, 0.1) is 0 Å². The van der Waals surface area contributed by atoms with E-state index in [1.165, 1.54) is 0 Å². The number of benzene rings is 1. The smallest absolute Gasteiger partial charge is 0.126 e. The molecule has 0 atom stereocenters. The Balaban J connectivity index is 2.31. The fourth-order valence-corrected chi connectivity index (χ4v) is 1.43. The molecule has 1 rings (SSSR count). The maximum Gasteiger partial charge on any atom is 0.126 e. The third kappa shape index (κ3) is 5.06. The lowest BCUT2D eigenvalue weighted by Crippen LogP contribution is -2.05. The second-order valence-corrected chi connectivity index (χ2v) is 3.74. The van der Waals surface area contributed by atoms with E-state index in [0.29, 0.717) is 25.5 Å². The van der Waals surface area contributed by atoms with Crippen LogP contribution in [0.5, 0.6) is 5.75 Å². The van der Waals surface area contributed by atoms with Crippen molar-refractivity contribution in [2.45, 2.75) is 20.0 Å². The number of nitrogens with two attached hydrogens (primary N) is 1. The van der Waals surface area contributed by atoms with Crippen LogP contribution in [-0.2, 0) is 16.1 Å². The van der Waals surface area contributed by atoms with Gasteiger partial charge in [-0.1, -0.05) is 13.0 Å². The standard InChI is InChI=1S/C13H21NO3/c1-3-6-16-7-8-17-10-11-4-5-12(14)9-13(11)15-2/h4-5,9H,3,6-8,10,14H2,1-2H3. The number of hydrogen-bond donors (Lipinski definition) is 1. The minimum atomic E-state index is 0.513. The SMILES string of the molecule is CCCOCCOCc1ccc(N)cc1OC. The van der Waals surface area contributed by atoms with Gasteiger partial charge in [0.05, 0.1) is 26.9 Å². The zero-order chi connectivity index (χ0) is 12.5. The Hall–Kier alpha value is -1.26. The van der Waals surface area contributed by atoms with Gasteiger partial charge in [0.2, 0.25) is 0 Å². The molecule has 0 saturated carbocycles. The summed E-state index contributed by atoms with van der Waals surface area (Å²) in [5, 5.41) is 0. The van der Waals surface area contributed by atoms with Gasteiger partial charge in [-0.15, -0.1) is 0 Å². The van der Waals surface area contributed by atoms with E-state index in [2.05, 4.69) is 6.92 Å². The van der Waals surface area contributed by atoms with Crippen LogP contribution in [-0.4, -0.2) is 26.9 Å². The molecule has 96 valence electrons. The largest absolute Gasteiger partial charge is 0.496 e. The summed E-state index contributed by atoms with van der Waals surface area (Å²) in [6, 6.07) is 5.56. The first-order valence-electron chi connectivity index (χ1n) is 5.85. The summed E-state index contributed by atoms with van der Waals surface area (Å²) in [7, 11) is 1.63. The van der Waals surface area contributed by atoms with Crippen LogP contribution in [0.25, 0.3) is 0 Å². The second-order valence-electron chi connectivity index (χ2n) is 3.74. The molecule has 0 saturated heterocycles. The maximum absolute atomic E-state index is 5.67. The molecule has 4 heteroatoms. The van der Waals surface area contributed by atoms with E-state index in [9.17, 15) is 0 Å². The van der Waals surface area contributed by atoms with E-state index < -0.39 is 0 Å². The molecule has 1 aromatic rings. The van der Waals surface area contributed by atoms with E-state index in [1.807, 2.05) is 12.1 Å². The highest BCUT2D eigenvalue weighted by atomic mass is 16.5. The summed E-state index contributed by atoms with van der Waals surface area (Å²) in [6.07, 6.45) is 1.03. The van der Waals surface area contributed by atoms with Gasteiger partial charge < -0.3 is 19.9 Å². The van der Waals surface area contributed by atoms with Crippen LogP contribution >= 0.6 is 0 Å². The molecule has 0 fully saturated rings. The quantitative estimate of drug-likeness (QED) is 0.558. The topological polar surface area (TPSA) is 53.7 Å². The van der Waals surface area contributed by atoms with E-state index in [1.54, 1.807) is 13.2 Å². The Morgan fingerprint density at radius 3 is 2.59 bits per heavy atom. The van der Waals surface area contributed by atoms with Crippen molar-refractivity contribution in [1.82, 2.24) is 0 Å². The van der Waals surface area contributed by atoms with Crippen molar-refractivity contribution in [3.05, 3.63) is 23.8 Å². The monoisotopic (exact) mass is 239 g/mol. The summed E-state index contributed by atoms with van der Waals surface area (Å²) in [5.41, 5.74) is 7.36. The second kappa shape index (κ2) is 7.92. The van der Waals surface area contributed by atoms with Crippen LogP contribution in [0.2, 0.25) is 0 Å². The molecule has 0 aliphatic heterocycles. The Morgan fingerprint density at radius 1 is 1.12 bits per heavy atom. The first kappa shape index (κ1) is 13.8. The van der Waals surface area contributed by atoms with Gasteiger partial charge >= 0.3 is 0 Å². The summed E-state index contributed by atoms with van der Waals surface area (Å²) < 4.78 is 16.1. The van der Waals surface area contributed by atoms with Crippen molar-refractivity contribution in [2.24, 2.45) is 0 Å². The van der Waals surface area contributed by atoms with Crippen LogP contribution in [0.15, 0.2) is 18.2 Å².